The second-order valence-corrected chi connectivity index (χ2v) is 2.80. The van der Waals surface area contributed by atoms with Gasteiger partial charge in [0.25, 0.3) is 0 Å². The van der Waals surface area contributed by atoms with Crippen LogP contribution in [0.25, 0.3) is 0 Å². The van der Waals surface area contributed by atoms with Crippen molar-refractivity contribution >= 4 is 28.3 Å². The molecule has 4 N–H and O–H groups in total. The second-order valence-electron chi connectivity index (χ2n) is 1.55. The minimum atomic E-state index is 0.824. The average Bonchev–Trinajstić information content (AvgIpc) is 2.00. The van der Waals surface area contributed by atoms with E-state index in [-0.39, 0.29) is 0 Å². The molecule has 0 saturated carbocycles. The van der Waals surface area contributed by atoms with Crippen molar-refractivity contribution < 1.29 is 0 Å². The molecule has 0 aromatic heterocycles. The summed E-state index contributed by atoms with van der Waals surface area (Å²) in [6.07, 6.45) is 0. The summed E-state index contributed by atoms with van der Waals surface area (Å²) in [6, 6.07) is 7.75. The van der Waals surface area contributed by atoms with Gasteiger partial charge in [0, 0.05) is 9.26 Å². The lowest BCUT2D eigenvalue weighted by Crippen LogP contribution is -1.81. The van der Waals surface area contributed by atoms with Crippen LogP contribution in [-0.4, -0.2) is 7.05 Å². The lowest BCUT2D eigenvalue weighted by molar-refractivity contribution is 1.48. The molecule has 56 valence electrons. The van der Waals surface area contributed by atoms with Gasteiger partial charge >= 0.3 is 0 Å². The molecule has 0 aliphatic rings. The van der Waals surface area contributed by atoms with E-state index < -0.39 is 0 Å². The first kappa shape index (κ1) is 9.71. The molecule has 1 aromatic carbocycles. The zero-order chi connectivity index (χ0) is 7.98. The highest BCUT2D eigenvalue weighted by Crippen LogP contribution is 2.06. The third-order valence-corrected chi connectivity index (χ3v) is 1.59. The standard InChI is InChI=1S/C6H6IN.CH5N/c7-5-1-3-6(8)4-2-5;1-2/h1-4H,8H2;2H2,1H3. The van der Waals surface area contributed by atoms with Gasteiger partial charge in [-0.15, -0.1) is 0 Å². The van der Waals surface area contributed by atoms with Crippen molar-refractivity contribution in [3.63, 3.8) is 0 Å². The fourth-order valence-electron chi connectivity index (χ4n) is 0.463. The Labute approximate surface area is 74.7 Å². The van der Waals surface area contributed by atoms with Gasteiger partial charge in [0.05, 0.1) is 0 Å². The SMILES string of the molecule is CN.Nc1ccc(I)cc1. The number of rotatable bonds is 0. The molecule has 0 unspecified atom stereocenters. The smallest absolute Gasteiger partial charge is 0.0314 e. The average molecular weight is 250 g/mol. The van der Waals surface area contributed by atoms with Crippen LogP contribution in [0.2, 0.25) is 0 Å². The Morgan fingerprint density at radius 2 is 1.50 bits per heavy atom. The summed E-state index contributed by atoms with van der Waals surface area (Å²) in [7, 11) is 1.50. The minimum Gasteiger partial charge on any atom is -0.399 e. The maximum atomic E-state index is 5.42. The molecule has 0 atom stereocenters. The van der Waals surface area contributed by atoms with Gasteiger partial charge in [0.2, 0.25) is 0 Å². The highest BCUT2D eigenvalue weighted by molar-refractivity contribution is 14.1. The summed E-state index contributed by atoms with van der Waals surface area (Å²) in [5, 5.41) is 0. The van der Waals surface area contributed by atoms with Crippen LogP contribution in [0.3, 0.4) is 0 Å². The van der Waals surface area contributed by atoms with E-state index in [1.54, 1.807) is 0 Å². The predicted molar refractivity (Wildman–Crippen MR) is 53.7 cm³/mol. The van der Waals surface area contributed by atoms with Crippen LogP contribution < -0.4 is 11.5 Å². The molecule has 1 aromatic rings. The Balaban J connectivity index is 0.000000371. The van der Waals surface area contributed by atoms with Crippen molar-refractivity contribution in [2.45, 2.75) is 0 Å². The van der Waals surface area contributed by atoms with Crippen molar-refractivity contribution in [2.24, 2.45) is 5.73 Å². The number of halogens is 1. The topological polar surface area (TPSA) is 52.0 Å². The summed E-state index contributed by atoms with van der Waals surface area (Å²) in [5.74, 6) is 0. The molecule has 0 fully saturated rings. The van der Waals surface area contributed by atoms with Gasteiger partial charge in [-0.2, -0.15) is 0 Å². The molecule has 0 bridgehead atoms. The van der Waals surface area contributed by atoms with Crippen molar-refractivity contribution in [3.05, 3.63) is 27.8 Å². The number of benzene rings is 1. The summed E-state index contributed by atoms with van der Waals surface area (Å²) in [4.78, 5) is 0. The number of hydrogen-bond acceptors (Lipinski definition) is 2. The first-order chi connectivity index (χ1) is 4.79. The number of anilines is 1. The van der Waals surface area contributed by atoms with E-state index in [4.69, 9.17) is 5.73 Å². The molecule has 1 rings (SSSR count). The monoisotopic (exact) mass is 250 g/mol. The Hall–Kier alpha value is -0.290. The highest BCUT2D eigenvalue weighted by Gasteiger charge is 1.81. The largest absolute Gasteiger partial charge is 0.399 e. The lowest BCUT2D eigenvalue weighted by Gasteiger charge is -1.89. The fraction of sp³-hybridized carbons (Fsp3) is 0.143. The first-order valence-electron chi connectivity index (χ1n) is 2.88. The van der Waals surface area contributed by atoms with Crippen LogP contribution in [-0.2, 0) is 0 Å². The molecule has 0 amide bonds. The first-order valence-corrected chi connectivity index (χ1v) is 3.96. The summed E-state index contributed by atoms with van der Waals surface area (Å²) in [6.45, 7) is 0. The van der Waals surface area contributed by atoms with Gasteiger partial charge in [0.15, 0.2) is 0 Å². The van der Waals surface area contributed by atoms with Crippen LogP contribution in [0, 0.1) is 3.57 Å². The third kappa shape index (κ3) is 3.68. The summed E-state index contributed by atoms with van der Waals surface area (Å²) >= 11 is 2.24. The second kappa shape index (κ2) is 5.49. The van der Waals surface area contributed by atoms with E-state index in [0.717, 1.165) is 5.69 Å². The predicted octanol–water partition coefficient (Wildman–Crippen LogP) is 1.45. The van der Waals surface area contributed by atoms with Crippen molar-refractivity contribution in [3.8, 4) is 0 Å². The van der Waals surface area contributed by atoms with Gasteiger partial charge in [-0.25, -0.2) is 0 Å². The highest BCUT2D eigenvalue weighted by atomic mass is 127. The normalized spacial score (nSPS) is 7.90. The van der Waals surface area contributed by atoms with E-state index in [2.05, 4.69) is 28.3 Å². The van der Waals surface area contributed by atoms with Gasteiger partial charge in [-0.05, 0) is 53.9 Å². The Morgan fingerprint density at radius 1 is 1.10 bits per heavy atom. The van der Waals surface area contributed by atoms with Gasteiger partial charge < -0.3 is 11.5 Å². The molecule has 0 aliphatic heterocycles. The number of nitrogen functional groups attached to an aromatic ring is 1. The number of nitrogens with two attached hydrogens (primary N) is 2. The molecule has 0 radical (unpaired) electrons. The van der Waals surface area contributed by atoms with Crippen LogP contribution in [0.1, 0.15) is 0 Å². The van der Waals surface area contributed by atoms with E-state index in [9.17, 15) is 0 Å². The van der Waals surface area contributed by atoms with Gasteiger partial charge in [0.1, 0.15) is 0 Å². The Kier molecular flexibility index (Phi) is 5.33. The van der Waals surface area contributed by atoms with Crippen molar-refractivity contribution in [1.82, 2.24) is 0 Å². The third-order valence-electron chi connectivity index (χ3n) is 0.870. The molecular formula is C7H11IN2. The molecule has 2 nitrogen and oxygen atoms in total. The zero-order valence-electron chi connectivity index (χ0n) is 5.84. The quantitative estimate of drug-likeness (QED) is 0.540. The van der Waals surface area contributed by atoms with Crippen LogP contribution in [0.5, 0.6) is 0 Å². The minimum absolute atomic E-state index is 0.824. The Bertz CT molecular complexity index is 150. The number of hydrogen-bond donors (Lipinski definition) is 2. The molecule has 0 saturated heterocycles. The summed E-state index contributed by atoms with van der Waals surface area (Å²) in [5.41, 5.74) is 10.7. The maximum absolute atomic E-state index is 5.42. The van der Waals surface area contributed by atoms with E-state index in [0.29, 0.717) is 0 Å². The van der Waals surface area contributed by atoms with Gasteiger partial charge in [-0.3, -0.25) is 0 Å². The summed E-state index contributed by atoms with van der Waals surface area (Å²) < 4.78 is 1.22. The van der Waals surface area contributed by atoms with E-state index in [1.165, 1.54) is 10.6 Å². The van der Waals surface area contributed by atoms with Crippen molar-refractivity contribution in [2.75, 3.05) is 12.8 Å². The maximum Gasteiger partial charge on any atom is 0.0314 e. The van der Waals surface area contributed by atoms with E-state index >= 15 is 0 Å². The zero-order valence-corrected chi connectivity index (χ0v) is 8.00. The van der Waals surface area contributed by atoms with Crippen molar-refractivity contribution in [1.29, 1.82) is 0 Å². The fourth-order valence-corrected chi connectivity index (χ4v) is 0.822. The molecule has 10 heavy (non-hydrogen) atoms. The Morgan fingerprint density at radius 3 is 1.80 bits per heavy atom. The molecule has 0 heterocycles. The van der Waals surface area contributed by atoms with Crippen LogP contribution >= 0.6 is 22.6 Å². The molecule has 0 aliphatic carbocycles. The van der Waals surface area contributed by atoms with E-state index in [1.807, 2.05) is 24.3 Å². The van der Waals surface area contributed by atoms with Crippen LogP contribution in [0.4, 0.5) is 5.69 Å². The molecular weight excluding hydrogens is 239 g/mol. The van der Waals surface area contributed by atoms with Crippen LogP contribution in [0.15, 0.2) is 24.3 Å². The molecule has 0 spiro atoms. The molecule has 3 heteroatoms. The van der Waals surface area contributed by atoms with Gasteiger partial charge in [-0.1, -0.05) is 0 Å². The lowest BCUT2D eigenvalue weighted by atomic mass is 10.3.